The number of furan rings is 1. The van der Waals surface area contributed by atoms with Crippen molar-refractivity contribution in [2.24, 2.45) is 0 Å². The number of amides is 1. The molecule has 4 aromatic rings. The Kier molecular flexibility index (Phi) is 6.65. The average molecular weight is 560 g/mol. The molecule has 1 aliphatic rings. The number of hydrogen-bond acceptors (Lipinski definition) is 5. The topological polar surface area (TPSA) is 80.0 Å². The number of fused-ring (bicyclic) bond motifs is 1. The van der Waals surface area contributed by atoms with E-state index < -0.39 is 23.5 Å². The lowest BCUT2D eigenvalue weighted by molar-refractivity contribution is -0.117. The molecule has 1 atom stereocenters. The molecule has 1 N–H and O–H groups in total. The molecule has 1 unspecified atom stereocenters. The molecule has 3 aromatic carbocycles. The molecule has 0 spiro atoms. The van der Waals surface area contributed by atoms with Gasteiger partial charge >= 0.3 is 0 Å². The summed E-state index contributed by atoms with van der Waals surface area (Å²) in [6.07, 6.45) is 0. The first-order chi connectivity index (χ1) is 17.8. The summed E-state index contributed by atoms with van der Waals surface area (Å²) < 4.78 is 12.4. The average Bonchev–Trinajstić information content (AvgIpc) is 3.42. The van der Waals surface area contributed by atoms with E-state index in [1.165, 1.54) is 4.90 Å². The molecule has 1 aliphatic heterocycles. The normalized spacial score (nSPS) is 15.8. The van der Waals surface area contributed by atoms with Crippen LogP contribution in [0.3, 0.4) is 0 Å². The second kappa shape index (κ2) is 9.90. The first-order valence-corrected chi connectivity index (χ1v) is 12.9. The van der Waals surface area contributed by atoms with E-state index in [-0.39, 0.29) is 11.3 Å². The predicted octanol–water partition coefficient (Wildman–Crippen LogP) is 7.50. The van der Waals surface area contributed by atoms with Gasteiger partial charge in [0.25, 0.3) is 5.91 Å². The first-order valence-electron chi connectivity index (χ1n) is 12.1. The number of nitrogens with zero attached hydrogens (tertiary/aromatic N) is 1. The van der Waals surface area contributed by atoms with Crippen LogP contribution < -0.4 is 9.64 Å². The zero-order valence-electron chi connectivity index (χ0n) is 20.7. The van der Waals surface area contributed by atoms with Gasteiger partial charge < -0.3 is 14.3 Å². The Morgan fingerprint density at radius 1 is 1.08 bits per heavy atom. The zero-order chi connectivity index (χ0) is 26.3. The lowest BCUT2D eigenvalue weighted by Crippen LogP contribution is -2.31. The summed E-state index contributed by atoms with van der Waals surface area (Å²) in [6, 6.07) is 21.0. The highest BCUT2D eigenvalue weighted by Crippen LogP contribution is 2.43. The third-order valence-electron chi connectivity index (χ3n) is 6.48. The van der Waals surface area contributed by atoms with Crippen LogP contribution in [0.25, 0.3) is 11.0 Å². The van der Waals surface area contributed by atoms with Crippen molar-refractivity contribution in [3.63, 3.8) is 0 Å². The van der Waals surface area contributed by atoms with Crippen molar-refractivity contribution in [1.82, 2.24) is 0 Å². The summed E-state index contributed by atoms with van der Waals surface area (Å²) in [5.41, 5.74) is 2.83. The van der Waals surface area contributed by atoms with Gasteiger partial charge in [0, 0.05) is 15.5 Å². The number of aliphatic hydroxyl groups is 1. The fourth-order valence-electron chi connectivity index (χ4n) is 4.64. The number of hydrogen-bond donors (Lipinski definition) is 1. The maximum Gasteiger partial charge on any atom is 0.294 e. The number of anilines is 1. The van der Waals surface area contributed by atoms with E-state index in [4.69, 9.17) is 9.15 Å². The van der Waals surface area contributed by atoms with Crippen molar-refractivity contribution in [3.05, 3.63) is 105 Å². The quantitative estimate of drug-likeness (QED) is 0.237. The highest BCUT2D eigenvalue weighted by atomic mass is 79.9. The second-order valence-electron chi connectivity index (χ2n) is 9.21. The van der Waals surface area contributed by atoms with Crippen LogP contribution in [0.5, 0.6) is 5.75 Å². The number of benzene rings is 3. The number of Topliss-reactive ketones (excluding diaryl/α,β-unsaturated/α-hetero) is 1. The minimum absolute atomic E-state index is 0.0373. The van der Waals surface area contributed by atoms with Crippen LogP contribution in [0, 0.1) is 0 Å². The SMILES string of the molecule is CCOc1cccc(C2C(C(=O)c3cc4cc(Br)ccc4o3)=C(O)C(=O)N2c2ccc(C(C)C)cc2)c1. The maximum atomic E-state index is 13.8. The summed E-state index contributed by atoms with van der Waals surface area (Å²) >= 11 is 3.43. The largest absolute Gasteiger partial charge is 0.503 e. The Morgan fingerprint density at radius 3 is 2.54 bits per heavy atom. The second-order valence-corrected chi connectivity index (χ2v) is 10.1. The first kappa shape index (κ1) is 24.8. The van der Waals surface area contributed by atoms with Crippen molar-refractivity contribution < 1.29 is 23.8 Å². The van der Waals surface area contributed by atoms with Gasteiger partial charge in [0.1, 0.15) is 11.3 Å². The van der Waals surface area contributed by atoms with Crippen LogP contribution in [0.2, 0.25) is 0 Å². The summed E-state index contributed by atoms with van der Waals surface area (Å²) in [5, 5.41) is 11.8. The van der Waals surface area contributed by atoms with Crippen LogP contribution >= 0.6 is 15.9 Å². The number of carbonyl (C=O) groups excluding carboxylic acids is 2. The third kappa shape index (κ3) is 4.55. The van der Waals surface area contributed by atoms with Gasteiger partial charge in [-0.25, -0.2) is 0 Å². The molecule has 0 fully saturated rings. The van der Waals surface area contributed by atoms with Gasteiger partial charge in [-0.2, -0.15) is 0 Å². The Bertz CT molecular complexity index is 1530. The fraction of sp³-hybridized carbons (Fsp3) is 0.200. The van der Waals surface area contributed by atoms with Gasteiger partial charge in [-0.05, 0) is 72.5 Å². The highest BCUT2D eigenvalue weighted by Gasteiger charge is 2.45. The lowest BCUT2D eigenvalue weighted by Gasteiger charge is -2.27. The van der Waals surface area contributed by atoms with Gasteiger partial charge in [0.05, 0.1) is 18.2 Å². The number of halogens is 1. The Balaban J connectivity index is 1.64. The van der Waals surface area contributed by atoms with Crippen molar-refractivity contribution in [2.75, 3.05) is 11.5 Å². The van der Waals surface area contributed by atoms with E-state index in [0.717, 1.165) is 15.4 Å². The molecule has 0 saturated carbocycles. The smallest absolute Gasteiger partial charge is 0.294 e. The molecule has 1 aromatic heterocycles. The van der Waals surface area contributed by atoms with Crippen LogP contribution in [0.1, 0.15) is 54.4 Å². The Labute approximate surface area is 223 Å². The summed E-state index contributed by atoms with van der Waals surface area (Å²) in [7, 11) is 0. The van der Waals surface area contributed by atoms with Crippen LogP contribution in [0.15, 0.2) is 93.0 Å². The molecular weight excluding hydrogens is 534 g/mol. The van der Waals surface area contributed by atoms with Gasteiger partial charge in [-0.1, -0.05) is 54.0 Å². The maximum absolute atomic E-state index is 13.8. The monoisotopic (exact) mass is 559 g/mol. The third-order valence-corrected chi connectivity index (χ3v) is 6.97. The van der Waals surface area contributed by atoms with Crippen molar-refractivity contribution in [3.8, 4) is 5.75 Å². The fourth-order valence-corrected chi connectivity index (χ4v) is 5.02. The molecule has 0 saturated heterocycles. The molecule has 37 heavy (non-hydrogen) atoms. The minimum atomic E-state index is -0.870. The summed E-state index contributed by atoms with van der Waals surface area (Å²) in [4.78, 5) is 28.8. The van der Waals surface area contributed by atoms with E-state index in [2.05, 4.69) is 29.8 Å². The number of rotatable bonds is 7. The molecule has 0 radical (unpaired) electrons. The molecule has 2 heterocycles. The number of carbonyl (C=O) groups is 2. The van der Waals surface area contributed by atoms with E-state index in [1.54, 1.807) is 24.3 Å². The number of ether oxygens (including phenoxy) is 1. The van der Waals surface area contributed by atoms with Gasteiger partial charge in [-0.3, -0.25) is 14.5 Å². The van der Waals surface area contributed by atoms with E-state index in [1.807, 2.05) is 55.5 Å². The van der Waals surface area contributed by atoms with Gasteiger partial charge in [-0.15, -0.1) is 0 Å². The molecular formula is C30H26BrNO5. The molecule has 0 aliphatic carbocycles. The lowest BCUT2D eigenvalue weighted by atomic mass is 9.94. The van der Waals surface area contributed by atoms with E-state index in [0.29, 0.717) is 35.1 Å². The molecule has 7 heteroatoms. The van der Waals surface area contributed by atoms with Crippen LogP contribution in [-0.2, 0) is 4.79 Å². The molecule has 6 nitrogen and oxygen atoms in total. The number of aliphatic hydroxyl groups excluding tert-OH is 1. The Hall–Kier alpha value is -3.84. The molecule has 0 bridgehead atoms. The van der Waals surface area contributed by atoms with Gasteiger partial charge in [0.15, 0.2) is 11.5 Å². The standard InChI is InChI=1S/C30H26BrNO5/c1-4-36-23-7-5-6-19(15-23)27-26(28(33)25-16-20-14-21(31)10-13-24(20)37-25)29(34)30(35)32(27)22-11-8-18(9-12-22)17(2)3/h5-17,27,34H,4H2,1-3H3. The van der Waals surface area contributed by atoms with Crippen molar-refractivity contribution in [2.45, 2.75) is 32.7 Å². The predicted molar refractivity (Wildman–Crippen MR) is 146 cm³/mol. The van der Waals surface area contributed by atoms with Gasteiger partial charge in [0.2, 0.25) is 5.78 Å². The van der Waals surface area contributed by atoms with Crippen molar-refractivity contribution >= 4 is 44.3 Å². The molecule has 188 valence electrons. The summed E-state index contributed by atoms with van der Waals surface area (Å²) in [6.45, 7) is 6.53. The minimum Gasteiger partial charge on any atom is -0.503 e. The zero-order valence-corrected chi connectivity index (χ0v) is 22.3. The molecule has 5 rings (SSSR count). The summed E-state index contributed by atoms with van der Waals surface area (Å²) in [5.74, 6) is -0.817. The van der Waals surface area contributed by atoms with Crippen LogP contribution in [0.4, 0.5) is 5.69 Å². The Morgan fingerprint density at radius 2 is 1.84 bits per heavy atom. The van der Waals surface area contributed by atoms with E-state index in [9.17, 15) is 14.7 Å². The van der Waals surface area contributed by atoms with E-state index >= 15 is 0 Å². The number of ketones is 1. The highest BCUT2D eigenvalue weighted by molar-refractivity contribution is 9.10. The van der Waals surface area contributed by atoms with Crippen LogP contribution in [-0.4, -0.2) is 23.4 Å². The molecule has 1 amide bonds. The van der Waals surface area contributed by atoms with Crippen molar-refractivity contribution in [1.29, 1.82) is 0 Å².